The lowest BCUT2D eigenvalue weighted by Crippen LogP contribution is -2.61. The molecule has 2 bridgehead atoms. The van der Waals surface area contributed by atoms with Crippen LogP contribution in [0.4, 0.5) is 0 Å². The summed E-state index contributed by atoms with van der Waals surface area (Å²) in [6.07, 6.45) is 3.45. The Morgan fingerprint density at radius 3 is 2.71 bits per heavy atom. The summed E-state index contributed by atoms with van der Waals surface area (Å²) in [6, 6.07) is 7.38. The number of aryl methyl sites for hydroxylation is 1. The molecule has 0 saturated carbocycles. The number of esters is 1. The predicted molar refractivity (Wildman–Crippen MR) is 79.4 cm³/mol. The summed E-state index contributed by atoms with van der Waals surface area (Å²) in [5.41, 5.74) is 1.08. The van der Waals surface area contributed by atoms with E-state index < -0.39 is 27.6 Å². The Morgan fingerprint density at radius 1 is 1.38 bits per heavy atom. The third kappa shape index (κ3) is 2.24. The smallest absolute Gasteiger partial charge is 0.332 e. The van der Waals surface area contributed by atoms with Gasteiger partial charge in [-0.25, -0.2) is 4.79 Å². The molecule has 1 saturated heterocycles. The maximum Gasteiger partial charge on any atom is 0.332 e. The van der Waals surface area contributed by atoms with E-state index in [0.717, 1.165) is 5.56 Å². The fraction of sp³-hybridized carbons (Fsp3) is 0.438. The van der Waals surface area contributed by atoms with Gasteiger partial charge in [-0.1, -0.05) is 23.8 Å². The molecule has 2 heterocycles. The molecular formula is C16H18O4S. The van der Waals surface area contributed by atoms with Crippen LogP contribution in [-0.4, -0.2) is 33.7 Å². The standard InChI is InChI=1S/C16H18O4S/c1-3-19-14-10-12-8-9-16(14,15(17)20-12)21(18)13-6-4-11(2)5-7-13/h4-9,12,14H,3,10H2,1-2H3/t12-,14+,16-,21?/m0/s1. The fourth-order valence-electron chi connectivity index (χ4n) is 2.85. The SMILES string of the molecule is CCO[C@@H]1C[C@@H]2C=C[C@@]1(S(=O)c1ccc(C)cc1)C(=O)O2. The predicted octanol–water partition coefficient (Wildman–Crippen LogP) is 2.13. The summed E-state index contributed by atoms with van der Waals surface area (Å²) in [6.45, 7) is 4.32. The molecule has 1 aliphatic carbocycles. The van der Waals surface area contributed by atoms with Crippen LogP contribution in [0.25, 0.3) is 0 Å². The van der Waals surface area contributed by atoms with Gasteiger partial charge in [0, 0.05) is 17.9 Å². The van der Waals surface area contributed by atoms with Crippen molar-refractivity contribution in [1.29, 1.82) is 0 Å². The molecule has 3 aliphatic rings. The number of ether oxygens (including phenoxy) is 2. The first-order valence-corrected chi connectivity index (χ1v) is 8.23. The first kappa shape index (κ1) is 14.5. The molecule has 0 amide bonds. The van der Waals surface area contributed by atoms with E-state index >= 15 is 0 Å². The van der Waals surface area contributed by atoms with E-state index in [1.165, 1.54) is 0 Å². The third-order valence-corrected chi connectivity index (χ3v) is 5.85. The van der Waals surface area contributed by atoms with Crippen LogP contribution in [0.2, 0.25) is 0 Å². The summed E-state index contributed by atoms with van der Waals surface area (Å²) in [7, 11) is -1.55. The van der Waals surface area contributed by atoms with Gasteiger partial charge in [-0.3, -0.25) is 4.21 Å². The van der Waals surface area contributed by atoms with Crippen LogP contribution in [0.1, 0.15) is 18.9 Å². The highest BCUT2D eigenvalue weighted by Gasteiger charge is 2.58. The first-order valence-electron chi connectivity index (χ1n) is 7.08. The molecule has 4 rings (SSSR count). The van der Waals surface area contributed by atoms with Crippen molar-refractivity contribution in [2.24, 2.45) is 0 Å². The Hall–Kier alpha value is -1.46. The Labute approximate surface area is 126 Å². The van der Waals surface area contributed by atoms with Gasteiger partial charge in [0.15, 0.2) is 4.75 Å². The van der Waals surface area contributed by atoms with Gasteiger partial charge in [-0.05, 0) is 32.1 Å². The van der Waals surface area contributed by atoms with Crippen molar-refractivity contribution in [3.8, 4) is 0 Å². The monoisotopic (exact) mass is 306 g/mol. The number of hydrogen-bond acceptors (Lipinski definition) is 4. The highest BCUT2D eigenvalue weighted by molar-refractivity contribution is 7.87. The van der Waals surface area contributed by atoms with E-state index in [1.54, 1.807) is 18.2 Å². The number of fused-ring (bicyclic) bond motifs is 2. The zero-order chi connectivity index (χ0) is 15.0. The molecule has 1 aromatic rings. The highest BCUT2D eigenvalue weighted by Crippen LogP contribution is 2.41. The quantitative estimate of drug-likeness (QED) is 0.632. The minimum absolute atomic E-state index is 0.258. The second-order valence-electron chi connectivity index (χ2n) is 5.36. The van der Waals surface area contributed by atoms with E-state index in [2.05, 4.69) is 0 Å². The van der Waals surface area contributed by atoms with E-state index in [1.807, 2.05) is 32.1 Å². The van der Waals surface area contributed by atoms with Gasteiger partial charge in [-0.15, -0.1) is 0 Å². The van der Waals surface area contributed by atoms with Crippen LogP contribution in [0.15, 0.2) is 41.3 Å². The second kappa shape index (κ2) is 5.39. The molecular weight excluding hydrogens is 288 g/mol. The average Bonchev–Trinajstić information content (AvgIpc) is 2.48. The molecule has 1 unspecified atom stereocenters. The van der Waals surface area contributed by atoms with E-state index in [9.17, 15) is 9.00 Å². The van der Waals surface area contributed by atoms with Crippen LogP contribution in [0.5, 0.6) is 0 Å². The number of benzene rings is 1. The highest BCUT2D eigenvalue weighted by atomic mass is 32.2. The largest absolute Gasteiger partial charge is 0.457 e. The Bertz CT molecular complexity index is 607. The number of carbonyl (C=O) groups excluding carboxylic acids is 1. The van der Waals surface area contributed by atoms with E-state index in [4.69, 9.17) is 9.47 Å². The van der Waals surface area contributed by atoms with Crippen LogP contribution in [0, 0.1) is 6.92 Å². The molecule has 4 atom stereocenters. The number of carbonyl (C=O) groups is 1. The molecule has 5 heteroatoms. The molecule has 0 radical (unpaired) electrons. The summed E-state index contributed by atoms with van der Waals surface area (Å²) in [4.78, 5) is 13.0. The van der Waals surface area contributed by atoms with Crippen molar-refractivity contribution >= 4 is 16.8 Å². The lowest BCUT2D eigenvalue weighted by atomic mass is 9.87. The zero-order valence-electron chi connectivity index (χ0n) is 12.1. The molecule has 1 aromatic carbocycles. The summed E-state index contributed by atoms with van der Waals surface area (Å²) >= 11 is 0. The molecule has 1 fully saturated rings. The number of hydrogen-bond donors (Lipinski definition) is 0. The van der Waals surface area contributed by atoms with Gasteiger partial charge < -0.3 is 9.47 Å². The van der Waals surface area contributed by atoms with Gasteiger partial charge in [-0.2, -0.15) is 0 Å². The van der Waals surface area contributed by atoms with Gasteiger partial charge in [0.2, 0.25) is 0 Å². The van der Waals surface area contributed by atoms with Crippen molar-refractivity contribution in [3.63, 3.8) is 0 Å². The first-order chi connectivity index (χ1) is 10.1. The van der Waals surface area contributed by atoms with Crippen molar-refractivity contribution in [1.82, 2.24) is 0 Å². The molecule has 21 heavy (non-hydrogen) atoms. The molecule has 4 nitrogen and oxygen atoms in total. The van der Waals surface area contributed by atoms with Crippen LogP contribution in [-0.2, 0) is 25.1 Å². The Morgan fingerprint density at radius 2 is 2.10 bits per heavy atom. The molecule has 0 N–H and O–H groups in total. The van der Waals surface area contributed by atoms with Crippen molar-refractivity contribution in [3.05, 3.63) is 42.0 Å². The Kier molecular flexibility index (Phi) is 3.71. The van der Waals surface area contributed by atoms with Crippen molar-refractivity contribution in [2.75, 3.05) is 6.61 Å². The minimum atomic E-state index is -1.55. The van der Waals surface area contributed by atoms with Crippen LogP contribution in [0.3, 0.4) is 0 Å². The van der Waals surface area contributed by atoms with Crippen LogP contribution < -0.4 is 0 Å². The minimum Gasteiger partial charge on any atom is -0.457 e. The van der Waals surface area contributed by atoms with Gasteiger partial charge >= 0.3 is 5.97 Å². The molecule has 2 aliphatic heterocycles. The molecule has 112 valence electrons. The van der Waals surface area contributed by atoms with Gasteiger partial charge in [0.1, 0.15) is 6.10 Å². The van der Waals surface area contributed by atoms with E-state index in [-0.39, 0.29) is 6.10 Å². The average molecular weight is 306 g/mol. The van der Waals surface area contributed by atoms with Crippen molar-refractivity contribution in [2.45, 2.75) is 42.1 Å². The van der Waals surface area contributed by atoms with Crippen LogP contribution >= 0.6 is 0 Å². The third-order valence-electron chi connectivity index (χ3n) is 3.97. The summed E-state index contributed by atoms with van der Waals surface area (Å²) < 4.78 is 22.9. The van der Waals surface area contributed by atoms with Crippen molar-refractivity contribution < 1.29 is 18.5 Å². The zero-order valence-corrected chi connectivity index (χ0v) is 12.9. The summed E-state index contributed by atoms with van der Waals surface area (Å²) in [5, 5.41) is 0. The molecule has 0 aromatic heterocycles. The maximum absolute atomic E-state index is 13.1. The van der Waals surface area contributed by atoms with E-state index in [0.29, 0.717) is 17.9 Å². The number of rotatable bonds is 4. The lowest BCUT2D eigenvalue weighted by molar-refractivity contribution is -0.165. The lowest BCUT2D eigenvalue weighted by Gasteiger charge is -2.44. The van der Waals surface area contributed by atoms with Gasteiger partial charge in [0.25, 0.3) is 0 Å². The second-order valence-corrected chi connectivity index (χ2v) is 7.04. The fourth-order valence-corrected chi connectivity index (χ4v) is 4.42. The Balaban J connectivity index is 2.04. The topological polar surface area (TPSA) is 52.6 Å². The normalized spacial score (nSPS) is 32.0. The summed E-state index contributed by atoms with van der Waals surface area (Å²) in [5.74, 6) is -0.446. The maximum atomic E-state index is 13.1. The molecule has 0 spiro atoms. The van der Waals surface area contributed by atoms with Gasteiger partial charge in [0.05, 0.1) is 16.9 Å².